The third-order valence-corrected chi connectivity index (χ3v) is 4.04. The number of nitrogens with zero attached hydrogens (tertiary/aromatic N) is 1. The molecule has 3 nitrogen and oxygen atoms in total. The maximum atomic E-state index is 5.88. The third-order valence-electron chi connectivity index (χ3n) is 3.40. The quantitative estimate of drug-likeness (QED) is 0.737. The highest BCUT2D eigenvalue weighted by atomic mass is 32.2. The molecule has 0 spiro atoms. The first-order valence-electron chi connectivity index (χ1n) is 6.23. The number of nitrogens with two attached hydrogens (primary N) is 1. The molecule has 0 aliphatic carbocycles. The van der Waals surface area contributed by atoms with Gasteiger partial charge in [-0.2, -0.15) is 11.8 Å². The summed E-state index contributed by atoms with van der Waals surface area (Å²) in [7, 11) is 1.80. The molecule has 1 saturated heterocycles. The van der Waals surface area contributed by atoms with Gasteiger partial charge in [0.15, 0.2) is 0 Å². The molecule has 96 valence electrons. The Balaban J connectivity index is 2.37. The summed E-state index contributed by atoms with van der Waals surface area (Å²) in [5.41, 5.74) is 5.88. The molecule has 1 heterocycles. The van der Waals surface area contributed by atoms with Crippen molar-refractivity contribution in [3.05, 3.63) is 0 Å². The van der Waals surface area contributed by atoms with Crippen LogP contribution in [-0.4, -0.2) is 56.3 Å². The van der Waals surface area contributed by atoms with E-state index < -0.39 is 0 Å². The highest BCUT2D eigenvalue weighted by Crippen LogP contribution is 2.20. The number of ether oxygens (including phenoxy) is 1. The number of methoxy groups -OCH3 is 1. The van der Waals surface area contributed by atoms with E-state index in [-0.39, 0.29) is 0 Å². The summed E-state index contributed by atoms with van der Waals surface area (Å²) >= 11 is 1.91. The lowest BCUT2D eigenvalue weighted by Crippen LogP contribution is -2.47. The molecule has 0 amide bonds. The SMILES string of the molecule is COCC1CCCN(C(CN)CCSC)C1. The molecule has 4 heteroatoms. The first kappa shape index (κ1) is 14.3. The fourth-order valence-electron chi connectivity index (χ4n) is 2.50. The van der Waals surface area contributed by atoms with Gasteiger partial charge in [0.25, 0.3) is 0 Å². The Morgan fingerprint density at radius 3 is 3.00 bits per heavy atom. The lowest BCUT2D eigenvalue weighted by atomic mass is 9.97. The van der Waals surface area contributed by atoms with Crippen LogP contribution < -0.4 is 5.73 Å². The average Bonchev–Trinajstić information content (AvgIpc) is 2.31. The van der Waals surface area contributed by atoms with Crippen molar-refractivity contribution in [2.24, 2.45) is 11.7 Å². The fourth-order valence-corrected chi connectivity index (χ4v) is 3.01. The maximum Gasteiger partial charge on any atom is 0.0502 e. The molecule has 16 heavy (non-hydrogen) atoms. The monoisotopic (exact) mass is 246 g/mol. The minimum absolute atomic E-state index is 0.576. The predicted molar refractivity (Wildman–Crippen MR) is 72.0 cm³/mol. The lowest BCUT2D eigenvalue weighted by Gasteiger charge is -2.37. The number of rotatable bonds is 7. The molecule has 0 radical (unpaired) electrons. The minimum atomic E-state index is 0.576. The van der Waals surface area contributed by atoms with Gasteiger partial charge < -0.3 is 10.5 Å². The summed E-state index contributed by atoms with van der Waals surface area (Å²) in [6.45, 7) is 4.08. The van der Waals surface area contributed by atoms with E-state index in [2.05, 4.69) is 11.2 Å². The largest absolute Gasteiger partial charge is 0.384 e. The molecule has 2 atom stereocenters. The van der Waals surface area contributed by atoms with E-state index in [0.29, 0.717) is 12.0 Å². The molecule has 0 bridgehead atoms. The van der Waals surface area contributed by atoms with Crippen molar-refractivity contribution in [1.82, 2.24) is 4.90 Å². The van der Waals surface area contributed by atoms with Crippen LogP contribution in [0.25, 0.3) is 0 Å². The minimum Gasteiger partial charge on any atom is -0.384 e. The van der Waals surface area contributed by atoms with Gasteiger partial charge in [0.1, 0.15) is 0 Å². The molecule has 1 rings (SSSR count). The van der Waals surface area contributed by atoms with Crippen molar-refractivity contribution < 1.29 is 4.74 Å². The van der Waals surface area contributed by atoms with E-state index in [1.54, 1.807) is 7.11 Å². The topological polar surface area (TPSA) is 38.5 Å². The van der Waals surface area contributed by atoms with Crippen LogP contribution in [0.5, 0.6) is 0 Å². The standard InChI is InChI=1S/C12H26N2OS/c1-15-10-11-4-3-6-14(9-11)12(8-13)5-7-16-2/h11-12H,3-10,13H2,1-2H3. The predicted octanol–water partition coefficient (Wildman–Crippen LogP) is 1.43. The molecular weight excluding hydrogens is 220 g/mol. The second kappa shape index (κ2) is 8.34. The second-order valence-corrected chi connectivity index (χ2v) is 5.62. The summed E-state index contributed by atoms with van der Waals surface area (Å²) in [6, 6.07) is 0.576. The molecule has 0 aromatic heterocycles. The molecule has 1 aliphatic heterocycles. The Morgan fingerprint density at radius 2 is 2.38 bits per heavy atom. The van der Waals surface area contributed by atoms with E-state index in [4.69, 9.17) is 10.5 Å². The van der Waals surface area contributed by atoms with Gasteiger partial charge >= 0.3 is 0 Å². The van der Waals surface area contributed by atoms with Crippen molar-refractivity contribution in [3.8, 4) is 0 Å². The van der Waals surface area contributed by atoms with Gasteiger partial charge in [0, 0.05) is 26.2 Å². The maximum absolute atomic E-state index is 5.88. The number of piperidine rings is 1. The van der Waals surface area contributed by atoms with Crippen LogP contribution in [0.3, 0.4) is 0 Å². The zero-order valence-corrected chi connectivity index (χ0v) is 11.5. The van der Waals surface area contributed by atoms with Gasteiger partial charge in [-0.15, -0.1) is 0 Å². The van der Waals surface area contributed by atoms with E-state index >= 15 is 0 Å². The molecule has 1 aliphatic rings. The summed E-state index contributed by atoms with van der Waals surface area (Å²) < 4.78 is 5.26. The van der Waals surface area contributed by atoms with Crippen LogP contribution in [0, 0.1) is 5.92 Å². The van der Waals surface area contributed by atoms with Crippen LogP contribution in [0.4, 0.5) is 0 Å². The van der Waals surface area contributed by atoms with Gasteiger partial charge in [-0.25, -0.2) is 0 Å². The lowest BCUT2D eigenvalue weighted by molar-refractivity contribution is 0.0692. The second-order valence-electron chi connectivity index (χ2n) is 4.63. The van der Waals surface area contributed by atoms with Gasteiger partial charge in [0.05, 0.1) is 6.61 Å². The Kier molecular flexibility index (Phi) is 7.45. The average molecular weight is 246 g/mol. The molecular formula is C12H26N2OS. The smallest absolute Gasteiger partial charge is 0.0502 e. The molecule has 1 fully saturated rings. The van der Waals surface area contributed by atoms with Gasteiger partial charge in [-0.3, -0.25) is 4.90 Å². The Morgan fingerprint density at radius 1 is 1.56 bits per heavy atom. The Bertz CT molecular complexity index is 178. The number of hydrogen-bond donors (Lipinski definition) is 1. The highest BCUT2D eigenvalue weighted by Gasteiger charge is 2.24. The molecule has 0 aromatic rings. The Labute approximate surface area is 104 Å². The van der Waals surface area contributed by atoms with Crippen LogP contribution in [0.2, 0.25) is 0 Å². The highest BCUT2D eigenvalue weighted by molar-refractivity contribution is 7.98. The van der Waals surface area contributed by atoms with Gasteiger partial charge in [-0.05, 0) is 43.7 Å². The number of likely N-dealkylation sites (tertiary alicyclic amines) is 1. The van der Waals surface area contributed by atoms with E-state index in [0.717, 1.165) is 13.2 Å². The molecule has 0 aromatic carbocycles. The number of thioether (sulfide) groups is 1. The van der Waals surface area contributed by atoms with Crippen LogP contribution in [-0.2, 0) is 4.74 Å². The molecule has 2 N–H and O–H groups in total. The van der Waals surface area contributed by atoms with E-state index in [1.165, 1.54) is 38.1 Å². The van der Waals surface area contributed by atoms with Crippen molar-refractivity contribution in [1.29, 1.82) is 0 Å². The van der Waals surface area contributed by atoms with Crippen LogP contribution in [0.15, 0.2) is 0 Å². The summed E-state index contributed by atoms with van der Waals surface area (Å²) in [5, 5.41) is 0. The van der Waals surface area contributed by atoms with Crippen molar-refractivity contribution >= 4 is 11.8 Å². The summed E-state index contributed by atoms with van der Waals surface area (Å²) in [5.74, 6) is 1.93. The van der Waals surface area contributed by atoms with Gasteiger partial charge in [0.2, 0.25) is 0 Å². The van der Waals surface area contributed by atoms with Crippen molar-refractivity contribution in [2.75, 3.05) is 45.4 Å². The fraction of sp³-hybridized carbons (Fsp3) is 1.00. The molecule has 0 saturated carbocycles. The van der Waals surface area contributed by atoms with Crippen LogP contribution >= 0.6 is 11.8 Å². The van der Waals surface area contributed by atoms with E-state index in [1.807, 2.05) is 11.8 Å². The normalized spacial score (nSPS) is 24.6. The van der Waals surface area contributed by atoms with Crippen molar-refractivity contribution in [3.63, 3.8) is 0 Å². The Hall–Kier alpha value is 0.230. The number of hydrogen-bond acceptors (Lipinski definition) is 4. The first-order valence-corrected chi connectivity index (χ1v) is 7.63. The van der Waals surface area contributed by atoms with Crippen LogP contribution in [0.1, 0.15) is 19.3 Å². The summed E-state index contributed by atoms with van der Waals surface area (Å²) in [6.07, 6.45) is 5.99. The molecule has 2 unspecified atom stereocenters. The van der Waals surface area contributed by atoms with E-state index in [9.17, 15) is 0 Å². The zero-order chi connectivity index (χ0) is 11.8. The van der Waals surface area contributed by atoms with Gasteiger partial charge in [-0.1, -0.05) is 0 Å². The van der Waals surface area contributed by atoms with Crippen molar-refractivity contribution in [2.45, 2.75) is 25.3 Å². The summed E-state index contributed by atoms with van der Waals surface area (Å²) in [4.78, 5) is 2.57. The first-order chi connectivity index (χ1) is 7.81. The zero-order valence-electron chi connectivity index (χ0n) is 10.7. The third kappa shape index (κ3) is 4.62.